The van der Waals surface area contributed by atoms with Gasteiger partial charge in [-0.15, -0.1) is 0 Å². The number of rotatable bonds is 4. The van der Waals surface area contributed by atoms with Gasteiger partial charge >= 0.3 is 0 Å². The van der Waals surface area contributed by atoms with Gasteiger partial charge in [-0.05, 0) is 30.2 Å². The van der Waals surface area contributed by atoms with Gasteiger partial charge < -0.3 is 14.8 Å². The van der Waals surface area contributed by atoms with Crippen LogP contribution < -0.4 is 14.8 Å². The number of benzene rings is 1. The molecule has 1 aromatic rings. The third-order valence-corrected chi connectivity index (χ3v) is 2.73. The molecule has 0 amide bonds. The second-order valence-electron chi connectivity index (χ2n) is 5.03. The molecule has 1 aliphatic heterocycles. The standard InChI is InChI=1S/C14H20FNO2/c1-10(2)6-16-7-11-3-4-13-14(5-11)18-9-12(15)8-17-13/h3-5,10,12,16H,6-9H2,1-2H3. The van der Waals surface area contributed by atoms with E-state index in [0.717, 1.165) is 18.7 Å². The Hall–Kier alpha value is -1.29. The van der Waals surface area contributed by atoms with Crippen molar-refractivity contribution >= 4 is 0 Å². The number of nitrogens with one attached hydrogen (secondary N) is 1. The average molecular weight is 253 g/mol. The minimum Gasteiger partial charge on any atom is -0.487 e. The van der Waals surface area contributed by atoms with Crippen molar-refractivity contribution in [1.82, 2.24) is 5.32 Å². The summed E-state index contributed by atoms with van der Waals surface area (Å²) in [6.45, 7) is 6.23. The number of fused-ring (bicyclic) bond motifs is 1. The largest absolute Gasteiger partial charge is 0.487 e. The van der Waals surface area contributed by atoms with Crippen LogP contribution in [0.2, 0.25) is 0 Å². The van der Waals surface area contributed by atoms with Gasteiger partial charge in [0, 0.05) is 6.54 Å². The Labute approximate surface area is 107 Å². The van der Waals surface area contributed by atoms with Crippen LogP contribution in [-0.4, -0.2) is 25.9 Å². The SMILES string of the molecule is CC(C)CNCc1ccc2c(c1)OCC(F)CO2. The van der Waals surface area contributed by atoms with Crippen molar-refractivity contribution in [2.45, 2.75) is 26.6 Å². The molecule has 1 unspecified atom stereocenters. The minimum atomic E-state index is -1.06. The molecule has 0 saturated heterocycles. The Balaban J connectivity index is 1.98. The Kier molecular flexibility index (Phi) is 4.42. The third-order valence-electron chi connectivity index (χ3n) is 2.73. The topological polar surface area (TPSA) is 30.5 Å². The molecule has 2 rings (SSSR count). The fourth-order valence-electron chi connectivity index (χ4n) is 1.81. The highest BCUT2D eigenvalue weighted by Gasteiger charge is 2.17. The molecule has 0 saturated carbocycles. The lowest BCUT2D eigenvalue weighted by atomic mass is 10.2. The van der Waals surface area contributed by atoms with Crippen LogP contribution in [0.1, 0.15) is 19.4 Å². The summed E-state index contributed by atoms with van der Waals surface area (Å²) in [7, 11) is 0. The average Bonchev–Trinajstić information content (AvgIpc) is 2.51. The van der Waals surface area contributed by atoms with Crippen molar-refractivity contribution in [2.24, 2.45) is 5.92 Å². The summed E-state index contributed by atoms with van der Waals surface area (Å²) in [5, 5.41) is 3.36. The highest BCUT2D eigenvalue weighted by atomic mass is 19.1. The quantitative estimate of drug-likeness (QED) is 0.894. The van der Waals surface area contributed by atoms with Gasteiger partial charge in [-0.3, -0.25) is 0 Å². The zero-order valence-corrected chi connectivity index (χ0v) is 10.9. The lowest BCUT2D eigenvalue weighted by molar-refractivity contribution is 0.162. The van der Waals surface area contributed by atoms with E-state index in [1.807, 2.05) is 18.2 Å². The van der Waals surface area contributed by atoms with E-state index in [9.17, 15) is 4.39 Å². The maximum atomic E-state index is 13.1. The van der Waals surface area contributed by atoms with Crippen LogP contribution in [0.25, 0.3) is 0 Å². The van der Waals surface area contributed by atoms with E-state index >= 15 is 0 Å². The Morgan fingerprint density at radius 3 is 2.72 bits per heavy atom. The second-order valence-corrected chi connectivity index (χ2v) is 5.03. The van der Waals surface area contributed by atoms with E-state index < -0.39 is 6.17 Å². The van der Waals surface area contributed by atoms with Crippen LogP contribution in [0, 0.1) is 5.92 Å². The zero-order valence-electron chi connectivity index (χ0n) is 10.9. The summed E-state index contributed by atoms with van der Waals surface area (Å²) in [6.07, 6.45) is -1.06. The van der Waals surface area contributed by atoms with Crippen molar-refractivity contribution in [1.29, 1.82) is 0 Å². The van der Waals surface area contributed by atoms with Gasteiger partial charge in [0.15, 0.2) is 17.7 Å². The zero-order chi connectivity index (χ0) is 13.0. The van der Waals surface area contributed by atoms with E-state index in [1.54, 1.807) is 0 Å². The Morgan fingerprint density at radius 1 is 1.28 bits per heavy atom. The molecule has 100 valence electrons. The maximum absolute atomic E-state index is 13.1. The molecule has 1 N–H and O–H groups in total. The predicted octanol–water partition coefficient (Wildman–Crippen LogP) is 2.54. The highest BCUT2D eigenvalue weighted by Crippen LogP contribution is 2.30. The van der Waals surface area contributed by atoms with Gasteiger partial charge in [-0.1, -0.05) is 19.9 Å². The monoisotopic (exact) mass is 253 g/mol. The smallest absolute Gasteiger partial charge is 0.168 e. The summed E-state index contributed by atoms with van der Waals surface area (Å²) in [6, 6.07) is 5.74. The predicted molar refractivity (Wildman–Crippen MR) is 68.9 cm³/mol. The van der Waals surface area contributed by atoms with Crippen molar-refractivity contribution in [3.05, 3.63) is 23.8 Å². The van der Waals surface area contributed by atoms with Crippen LogP contribution in [0.15, 0.2) is 18.2 Å². The van der Waals surface area contributed by atoms with Crippen molar-refractivity contribution < 1.29 is 13.9 Å². The van der Waals surface area contributed by atoms with E-state index in [0.29, 0.717) is 17.4 Å². The lowest BCUT2D eigenvalue weighted by Crippen LogP contribution is -2.18. The lowest BCUT2D eigenvalue weighted by Gasteiger charge is -2.11. The van der Waals surface area contributed by atoms with Gasteiger partial charge in [0.25, 0.3) is 0 Å². The summed E-state index contributed by atoms with van der Waals surface area (Å²) < 4.78 is 23.9. The molecule has 1 aromatic carbocycles. The fourth-order valence-corrected chi connectivity index (χ4v) is 1.81. The summed E-state index contributed by atoms with van der Waals surface area (Å²) >= 11 is 0. The summed E-state index contributed by atoms with van der Waals surface area (Å²) in [4.78, 5) is 0. The van der Waals surface area contributed by atoms with E-state index in [4.69, 9.17) is 9.47 Å². The van der Waals surface area contributed by atoms with Crippen LogP contribution in [-0.2, 0) is 6.54 Å². The molecule has 1 atom stereocenters. The maximum Gasteiger partial charge on any atom is 0.168 e. The molecule has 18 heavy (non-hydrogen) atoms. The number of alkyl halides is 1. The molecule has 3 nitrogen and oxygen atoms in total. The molecule has 0 aromatic heterocycles. The molecular weight excluding hydrogens is 233 g/mol. The van der Waals surface area contributed by atoms with Gasteiger partial charge in [-0.25, -0.2) is 4.39 Å². The molecule has 0 aliphatic carbocycles. The molecule has 1 heterocycles. The number of hydrogen-bond acceptors (Lipinski definition) is 3. The minimum absolute atomic E-state index is 0.0654. The van der Waals surface area contributed by atoms with Crippen LogP contribution in [0.3, 0.4) is 0 Å². The molecule has 0 radical (unpaired) electrons. The number of hydrogen-bond donors (Lipinski definition) is 1. The first-order valence-electron chi connectivity index (χ1n) is 6.38. The van der Waals surface area contributed by atoms with E-state index in [1.165, 1.54) is 0 Å². The molecular formula is C14H20FNO2. The normalized spacial score (nSPS) is 18.8. The third kappa shape index (κ3) is 3.60. The van der Waals surface area contributed by atoms with Gasteiger partial charge in [-0.2, -0.15) is 0 Å². The molecule has 1 aliphatic rings. The fraction of sp³-hybridized carbons (Fsp3) is 0.571. The first-order chi connectivity index (χ1) is 8.65. The van der Waals surface area contributed by atoms with Crippen molar-refractivity contribution in [2.75, 3.05) is 19.8 Å². The van der Waals surface area contributed by atoms with Crippen LogP contribution >= 0.6 is 0 Å². The van der Waals surface area contributed by atoms with Crippen LogP contribution in [0.5, 0.6) is 11.5 Å². The highest BCUT2D eigenvalue weighted by molar-refractivity contribution is 5.43. The van der Waals surface area contributed by atoms with Crippen molar-refractivity contribution in [3.8, 4) is 11.5 Å². The van der Waals surface area contributed by atoms with E-state index in [-0.39, 0.29) is 13.2 Å². The van der Waals surface area contributed by atoms with Gasteiger partial charge in [0.2, 0.25) is 0 Å². The van der Waals surface area contributed by atoms with Gasteiger partial charge in [0.05, 0.1) is 0 Å². The van der Waals surface area contributed by atoms with Crippen molar-refractivity contribution in [3.63, 3.8) is 0 Å². The molecule has 0 fully saturated rings. The Bertz CT molecular complexity index is 395. The summed E-state index contributed by atoms with van der Waals surface area (Å²) in [5.41, 5.74) is 1.12. The molecule has 0 spiro atoms. The first kappa shape index (κ1) is 13.1. The number of ether oxygens (including phenoxy) is 2. The summed E-state index contributed by atoms with van der Waals surface area (Å²) in [5.74, 6) is 1.89. The number of halogens is 1. The van der Waals surface area contributed by atoms with E-state index in [2.05, 4.69) is 19.2 Å². The van der Waals surface area contributed by atoms with Crippen LogP contribution in [0.4, 0.5) is 4.39 Å². The first-order valence-corrected chi connectivity index (χ1v) is 6.38. The molecule has 4 heteroatoms. The van der Waals surface area contributed by atoms with Gasteiger partial charge in [0.1, 0.15) is 13.2 Å². The second kappa shape index (κ2) is 6.05. The Morgan fingerprint density at radius 2 is 2.00 bits per heavy atom. The molecule has 0 bridgehead atoms.